The van der Waals surface area contributed by atoms with Crippen LogP contribution in [-0.4, -0.2) is 52.5 Å². The van der Waals surface area contributed by atoms with E-state index in [1.54, 1.807) is 0 Å². The first kappa shape index (κ1) is 50.8. The van der Waals surface area contributed by atoms with Gasteiger partial charge in [0.2, 0.25) is 0 Å². The summed E-state index contributed by atoms with van der Waals surface area (Å²) in [5.74, 6) is 0. The van der Waals surface area contributed by atoms with Crippen molar-refractivity contribution in [3.05, 3.63) is 243 Å². The maximum absolute atomic E-state index is 13.4. The lowest BCUT2D eigenvalue weighted by Gasteiger charge is -2.43. The van der Waals surface area contributed by atoms with Gasteiger partial charge in [0.15, 0.2) is 0 Å². The normalized spacial score (nSPS) is 17.7. The molecule has 0 bridgehead atoms. The van der Waals surface area contributed by atoms with Crippen LogP contribution in [0.15, 0.2) is 243 Å². The van der Waals surface area contributed by atoms with Gasteiger partial charge in [-0.05, 0) is 43.7 Å². The Morgan fingerprint density at radius 2 is 0.718 bits per heavy atom. The first-order valence-corrected chi connectivity index (χ1v) is 31.2. The summed E-state index contributed by atoms with van der Waals surface area (Å²) in [4.78, 5) is 13.4. The van der Waals surface area contributed by atoms with E-state index in [0.717, 1.165) is 31.6 Å². The average molecular weight is 1010 g/mol. The van der Waals surface area contributed by atoms with Gasteiger partial charge in [0.05, 0.1) is 29.0 Å². The highest BCUT2D eigenvalue weighted by Gasteiger charge is 2.55. The second-order valence-corrected chi connectivity index (χ2v) is 32.0. The van der Waals surface area contributed by atoms with Crippen LogP contribution in [0, 0.1) is 0 Å². The molecule has 4 atom stereocenters. The molecule has 0 aromatic heterocycles. The maximum Gasteiger partial charge on any atom is 0.261 e. The molecule has 9 rings (SSSR count). The van der Waals surface area contributed by atoms with E-state index in [4.69, 9.17) is 18.2 Å². The van der Waals surface area contributed by atoms with Gasteiger partial charge in [-0.2, -0.15) is 0 Å². The zero-order valence-electron chi connectivity index (χ0n) is 41.5. The van der Waals surface area contributed by atoms with Gasteiger partial charge in [-0.3, -0.25) is 0 Å². The van der Waals surface area contributed by atoms with Crippen molar-refractivity contribution >= 4 is 74.9 Å². The van der Waals surface area contributed by atoms with Crippen molar-refractivity contribution in [2.24, 2.45) is 0 Å². The zero-order chi connectivity index (χ0) is 49.3. The molecule has 1 fully saturated rings. The summed E-state index contributed by atoms with van der Waals surface area (Å²) in [6, 6.07) is 84.7. The lowest BCUT2D eigenvalue weighted by Crippen LogP contribution is -2.67. The highest BCUT2D eigenvalue weighted by atomic mass is 31.1. The van der Waals surface area contributed by atoms with Crippen molar-refractivity contribution in [1.29, 1.82) is 0 Å². The van der Waals surface area contributed by atoms with Gasteiger partial charge in [-0.15, -0.1) is 0 Å². The number of rotatable bonds is 19. The molecule has 1 saturated heterocycles. The van der Waals surface area contributed by atoms with E-state index in [0.29, 0.717) is 12.8 Å². The highest BCUT2D eigenvalue weighted by molar-refractivity contribution is 7.69. The molecule has 8 aromatic rings. The molecular formula is C62H66O5P2Si2. The summed E-state index contributed by atoms with van der Waals surface area (Å²) in [7, 11) is -9.13. The fraction of sp³-hybridized carbons (Fsp3) is 0.226. The molecule has 0 unspecified atom stereocenters. The van der Waals surface area contributed by atoms with E-state index < -0.39 is 62.4 Å². The zero-order valence-corrected chi connectivity index (χ0v) is 45.3. The molecule has 0 spiro atoms. The number of benzene rings is 8. The molecule has 1 aliphatic rings. The molecule has 9 heteroatoms. The average Bonchev–Trinajstić information content (AvgIpc) is 3.75. The summed E-state index contributed by atoms with van der Waals surface area (Å²) in [6.07, 6.45) is -0.730. The summed E-state index contributed by atoms with van der Waals surface area (Å²) >= 11 is 0. The summed E-state index contributed by atoms with van der Waals surface area (Å²) in [5, 5.41) is 8.04. The molecule has 5 nitrogen and oxygen atoms in total. The SMILES string of the molecule is CC(C)(CC[C@H]1O[C@H](CO[Si](c2ccccc2)(c2ccccc2)C(C)(C)C)[C@@H](OP(c2ccccc2)c2ccccc2)[C@@H]1OP(c1ccccc1)c1ccccc1)[Si](O)(c1ccccc1)c1ccccc1. The predicted molar refractivity (Wildman–Crippen MR) is 304 cm³/mol. The highest BCUT2D eigenvalue weighted by Crippen LogP contribution is 2.49. The maximum atomic E-state index is 13.4. The van der Waals surface area contributed by atoms with E-state index in [-0.39, 0.29) is 11.6 Å². The van der Waals surface area contributed by atoms with Crippen molar-refractivity contribution in [2.75, 3.05) is 6.61 Å². The van der Waals surface area contributed by atoms with Gasteiger partial charge in [0, 0.05) is 21.2 Å². The van der Waals surface area contributed by atoms with Crippen molar-refractivity contribution in [3.63, 3.8) is 0 Å². The monoisotopic (exact) mass is 1010 g/mol. The molecule has 71 heavy (non-hydrogen) atoms. The van der Waals surface area contributed by atoms with Crippen LogP contribution in [0.5, 0.6) is 0 Å². The molecule has 1 N–H and O–H groups in total. The van der Waals surface area contributed by atoms with Crippen LogP contribution >= 0.6 is 16.3 Å². The Labute approximate surface area is 426 Å². The van der Waals surface area contributed by atoms with Gasteiger partial charge >= 0.3 is 0 Å². The standard InChI is InChI=1S/C62H66O5P2Si2/c1-61(2,3)71(55-42-26-12-27-43-55,56-44-28-13-29-45-56)64-48-58-60(67-69(51-34-18-8-19-35-51)52-36-20-9-21-37-52)59(66-68(49-30-14-6-15-31-49)50-32-16-7-17-33-50)57(65-58)46-47-62(4,5)70(63,53-38-22-10-23-39-53)54-40-24-11-25-41-54/h6-45,57-60,63H,46-48H2,1-5H3/t57-,58-,59-,60-/m1/s1. The second kappa shape index (κ2) is 22.7. The molecule has 362 valence electrons. The smallest absolute Gasteiger partial charge is 0.261 e. The predicted octanol–water partition coefficient (Wildman–Crippen LogP) is 10.5. The Morgan fingerprint density at radius 1 is 0.423 bits per heavy atom. The van der Waals surface area contributed by atoms with Crippen LogP contribution in [0.25, 0.3) is 0 Å². The van der Waals surface area contributed by atoms with Crippen LogP contribution in [0.1, 0.15) is 47.5 Å². The van der Waals surface area contributed by atoms with E-state index in [9.17, 15) is 4.80 Å². The topological polar surface area (TPSA) is 57.2 Å². The first-order chi connectivity index (χ1) is 34.5. The fourth-order valence-corrected chi connectivity index (χ4v) is 22.6. The first-order valence-electron chi connectivity index (χ1n) is 24.9. The van der Waals surface area contributed by atoms with E-state index in [1.807, 2.05) is 36.4 Å². The quantitative estimate of drug-likeness (QED) is 0.0646. The minimum atomic E-state index is -3.38. The van der Waals surface area contributed by atoms with Gasteiger partial charge in [-0.25, -0.2) is 0 Å². The minimum absolute atomic E-state index is 0.260. The van der Waals surface area contributed by atoms with Gasteiger partial charge in [0.1, 0.15) is 18.3 Å². The van der Waals surface area contributed by atoms with E-state index >= 15 is 0 Å². The van der Waals surface area contributed by atoms with E-state index in [1.165, 1.54) is 10.4 Å². The molecule has 8 aromatic carbocycles. The van der Waals surface area contributed by atoms with Crippen LogP contribution in [0.2, 0.25) is 10.1 Å². The third-order valence-electron chi connectivity index (χ3n) is 14.1. The lowest BCUT2D eigenvalue weighted by molar-refractivity contribution is -0.0157. The van der Waals surface area contributed by atoms with Crippen LogP contribution in [-0.2, 0) is 18.2 Å². The van der Waals surface area contributed by atoms with Crippen LogP contribution < -0.4 is 42.0 Å². The van der Waals surface area contributed by atoms with E-state index in [2.05, 4.69) is 241 Å². The molecule has 0 aliphatic carbocycles. The van der Waals surface area contributed by atoms with Gasteiger partial charge in [0.25, 0.3) is 16.6 Å². The van der Waals surface area contributed by atoms with Crippen molar-refractivity contribution in [3.8, 4) is 0 Å². The molecular weight excluding hydrogens is 943 g/mol. The minimum Gasteiger partial charge on any atom is -0.424 e. The fourth-order valence-electron chi connectivity index (χ4n) is 10.4. The molecule has 1 heterocycles. The number of ether oxygens (including phenoxy) is 1. The van der Waals surface area contributed by atoms with Crippen molar-refractivity contribution in [1.82, 2.24) is 0 Å². The van der Waals surface area contributed by atoms with Crippen molar-refractivity contribution < 1.29 is 23.0 Å². The summed E-state index contributed by atoms with van der Waals surface area (Å²) in [5.41, 5.74) is 0. The molecule has 1 aliphatic heterocycles. The Hall–Kier alpha value is -5.15. The number of hydrogen-bond donors (Lipinski definition) is 1. The Bertz CT molecular complexity index is 2690. The van der Waals surface area contributed by atoms with Crippen LogP contribution in [0.4, 0.5) is 0 Å². The third-order valence-corrected chi connectivity index (χ3v) is 27.6. The molecule has 0 radical (unpaired) electrons. The number of hydrogen-bond acceptors (Lipinski definition) is 5. The Kier molecular flexibility index (Phi) is 16.3. The molecule has 0 amide bonds. The van der Waals surface area contributed by atoms with Gasteiger partial charge in [-0.1, -0.05) is 277 Å². The third kappa shape index (κ3) is 11.0. The van der Waals surface area contributed by atoms with Crippen molar-refractivity contribution in [2.45, 2.75) is 82.0 Å². The van der Waals surface area contributed by atoms with Gasteiger partial charge < -0.3 is 23.0 Å². The summed E-state index contributed by atoms with van der Waals surface area (Å²) < 4.78 is 31.1. The largest absolute Gasteiger partial charge is 0.424 e. The second-order valence-electron chi connectivity index (χ2n) is 20.1. The Balaban J connectivity index is 1.19. The molecule has 0 saturated carbocycles. The lowest BCUT2D eigenvalue weighted by atomic mass is 9.99. The Morgan fingerprint density at radius 3 is 1.04 bits per heavy atom. The summed E-state index contributed by atoms with van der Waals surface area (Å²) in [6.45, 7) is 11.7. The van der Waals surface area contributed by atoms with Crippen LogP contribution in [0.3, 0.4) is 0 Å².